The first kappa shape index (κ1) is 12.5. The molecule has 18 heavy (non-hydrogen) atoms. The lowest BCUT2D eigenvalue weighted by molar-refractivity contribution is 0.282. The van der Waals surface area contributed by atoms with Crippen molar-refractivity contribution < 1.29 is 13.5 Å². The van der Waals surface area contributed by atoms with Crippen molar-refractivity contribution in [2.45, 2.75) is 11.5 Å². The molecule has 0 amide bonds. The number of hydrogen-bond acceptors (Lipinski definition) is 4. The Balaban J connectivity index is 2.28. The van der Waals surface area contributed by atoms with Crippen LogP contribution >= 0.6 is 0 Å². The zero-order valence-corrected chi connectivity index (χ0v) is 10.3. The summed E-state index contributed by atoms with van der Waals surface area (Å²) < 4.78 is 26.3. The van der Waals surface area contributed by atoms with Gasteiger partial charge in [-0.15, -0.1) is 0 Å². The van der Waals surface area contributed by atoms with Gasteiger partial charge in [0.2, 0.25) is 0 Å². The SMILES string of the molecule is O=S(=O)(Nc1cc(CO)ccn1)c1ccccc1. The van der Waals surface area contributed by atoms with E-state index in [9.17, 15) is 8.42 Å². The molecule has 0 bridgehead atoms. The van der Waals surface area contributed by atoms with Crippen molar-refractivity contribution in [3.63, 3.8) is 0 Å². The van der Waals surface area contributed by atoms with E-state index >= 15 is 0 Å². The van der Waals surface area contributed by atoms with E-state index in [1.807, 2.05) is 0 Å². The summed E-state index contributed by atoms with van der Waals surface area (Å²) in [7, 11) is -3.63. The molecule has 1 aromatic heterocycles. The summed E-state index contributed by atoms with van der Waals surface area (Å²) >= 11 is 0. The first-order valence-corrected chi connectivity index (χ1v) is 6.74. The third-order valence-corrected chi connectivity index (χ3v) is 3.67. The highest BCUT2D eigenvalue weighted by molar-refractivity contribution is 7.92. The van der Waals surface area contributed by atoms with Gasteiger partial charge in [-0.3, -0.25) is 4.72 Å². The first-order chi connectivity index (χ1) is 8.62. The number of aliphatic hydroxyl groups is 1. The Kier molecular flexibility index (Phi) is 3.59. The Hall–Kier alpha value is -1.92. The highest BCUT2D eigenvalue weighted by atomic mass is 32.2. The molecule has 0 saturated heterocycles. The lowest BCUT2D eigenvalue weighted by atomic mass is 10.3. The van der Waals surface area contributed by atoms with Crippen LogP contribution in [0.5, 0.6) is 0 Å². The van der Waals surface area contributed by atoms with Gasteiger partial charge < -0.3 is 5.11 Å². The molecule has 0 atom stereocenters. The van der Waals surface area contributed by atoms with Gasteiger partial charge >= 0.3 is 0 Å². The maximum atomic E-state index is 12.0. The summed E-state index contributed by atoms with van der Waals surface area (Å²) in [5.41, 5.74) is 0.593. The van der Waals surface area contributed by atoms with Crippen LogP contribution in [0.1, 0.15) is 5.56 Å². The smallest absolute Gasteiger partial charge is 0.263 e. The number of nitrogens with zero attached hydrogens (tertiary/aromatic N) is 1. The number of pyridine rings is 1. The Morgan fingerprint density at radius 3 is 2.56 bits per heavy atom. The monoisotopic (exact) mass is 264 g/mol. The van der Waals surface area contributed by atoms with Crippen molar-refractivity contribution in [3.05, 3.63) is 54.2 Å². The number of anilines is 1. The fourth-order valence-corrected chi connectivity index (χ4v) is 2.44. The molecular weight excluding hydrogens is 252 g/mol. The number of nitrogens with one attached hydrogen (secondary N) is 1. The predicted molar refractivity (Wildman–Crippen MR) is 67.4 cm³/mol. The molecule has 0 radical (unpaired) electrons. The molecule has 5 nitrogen and oxygen atoms in total. The third-order valence-electron chi connectivity index (χ3n) is 2.30. The summed E-state index contributed by atoms with van der Waals surface area (Å²) in [5.74, 6) is 0.186. The van der Waals surface area contributed by atoms with Crippen LogP contribution in [0, 0.1) is 0 Å². The standard InChI is InChI=1S/C12H12N2O3S/c15-9-10-6-7-13-12(8-10)14-18(16,17)11-4-2-1-3-5-11/h1-8,15H,9H2,(H,13,14). The molecule has 6 heteroatoms. The molecule has 0 aliphatic rings. The second kappa shape index (κ2) is 5.16. The minimum absolute atomic E-state index is 0.164. The number of aliphatic hydroxyl groups excluding tert-OH is 1. The van der Waals surface area contributed by atoms with Gasteiger partial charge in [0, 0.05) is 6.20 Å². The summed E-state index contributed by atoms with van der Waals surface area (Å²) in [6.45, 7) is -0.164. The first-order valence-electron chi connectivity index (χ1n) is 5.25. The maximum absolute atomic E-state index is 12.0. The number of rotatable bonds is 4. The van der Waals surface area contributed by atoms with Crippen LogP contribution in [0.15, 0.2) is 53.6 Å². The zero-order chi connectivity index (χ0) is 13.0. The number of hydrogen-bond donors (Lipinski definition) is 2. The van der Waals surface area contributed by atoms with Crippen molar-refractivity contribution in [2.75, 3.05) is 4.72 Å². The van der Waals surface area contributed by atoms with Crippen LogP contribution in [0.2, 0.25) is 0 Å². The van der Waals surface area contributed by atoms with Gasteiger partial charge in [0.1, 0.15) is 5.82 Å². The highest BCUT2D eigenvalue weighted by Gasteiger charge is 2.13. The third kappa shape index (κ3) is 2.85. The van der Waals surface area contributed by atoms with Gasteiger partial charge in [0.15, 0.2) is 0 Å². The molecule has 0 saturated carbocycles. The normalized spacial score (nSPS) is 11.2. The average Bonchev–Trinajstić information content (AvgIpc) is 2.39. The van der Waals surface area contributed by atoms with Crippen molar-refractivity contribution in [2.24, 2.45) is 0 Å². The van der Waals surface area contributed by atoms with E-state index in [1.54, 1.807) is 24.3 Å². The van der Waals surface area contributed by atoms with E-state index in [-0.39, 0.29) is 17.3 Å². The van der Waals surface area contributed by atoms with Gasteiger partial charge in [-0.25, -0.2) is 13.4 Å². The molecule has 0 aliphatic heterocycles. The van der Waals surface area contributed by atoms with Crippen LogP contribution in [-0.4, -0.2) is 18.5 Å². The van der Waals surface area contributed by atoms with Gasteiger partial charge in [0.05, 0.1) is 11.5 Å². The molecule has 0 aliphatic carbocycles. The number of sulfonamides is 1. The van der Waals surface area contributed by atoms with E-state index in [0.717, 1.165) is 0 Å². The van der Waals surface area contributed by atoms with Crippen molar-refractivity contribution in [1.29, 1.82) is 0 Å². The highest BCUT2D eigenvalue weighted by Crippen LogP contribution is 2.14. The Morgan fingerprint density at radius 2 is 1.89 bits per heavy atom. The lowest BCUT2D eigenvalue weighted by Crippen LogP contribution is -2.13. The van der Waals surface area contributed by atoms with Crippen LogP contribution < -0.4 is 4.72 Å². The van der Waals surface area contributed by atoms with Crippen LogP contribution in [-0.2, 0) is 16.6 Å². The minimum atomic E-state index is -3.63. The molecule has 1 aromatic carbocycles. The Labute approximate surface area is 105 Å². The quantitative estimate of drug-likeness (QED) is 0.874. The average molecular weight is 264 g/mol. The van der Waals surface area contributed by atoms with Crippen LogP contribution in [0.3, 0.4) is 0 Å². The van der Waals surface area contributed by atoms with Gasteiger partial charge in [0.25, 0.3) is 10.0 Å². The van der Waals surface area contributed by atoms with E-state index < -0.39 is 10.0 Å². The lowest BCUT2D eigenvalue weighted by Gasteiger charge is -2.07. The topological polar surface area (TPSA) is 79.3 Å². The largest absolute Gasteiger partial charge is 0.392 e. The summed E-state index contributed by atoms with van der Waals surface area (Å²) in [6, 6.07) is 11.1. The molecule has 2 aromatic rings. The molecular formula is C12H12N2O3S. The number of aromatic nitrogens is 1. The van der Waals surface area contributed by atoms with E-state index in [1.165, 1.54) is 24.4 Å². The molecule has 0 spiro atoms. The van der Waals surface area contributed by atoms with Crippen molar-refractivity contribution in [3.8, 4) is 0 Å². The Bertz CT molecular complexity index is 627. The van der Waals surface area contributed by atoms with Gasteiger partial charge in [-0.05, 0) is 29.8 Å². The van der Waals surface area contributed by atoms with Gasteiger partial charge in [-0.2, -0.15) is 0 Å². The second-order valence-corrected chi connectivity index (χ2v) is 5.31. The van der Waals surface area contributed by atoms with E-state index in [2.05, 4.69) is 9.71 Å². The zero-order valence-electron chi connectivity index (χ0n) is 9.45. The molecule has 0 fully saturated rings. The minimum Gasteiger partial charge on any atom is -0.392 e. The fraction of sp³-hybridized carbons (Fsp3) is 0.0833. The van der Waals surface area contributed by atoms with Crippen molar-refractivity contribution in [1.82, 2.24) is 4.98 Å². The van der Waals surface area contributed by atoms with Crippen LogP contribution in [0.4, 0.5) is 5.82 Å². The van der Waals surface area contributed by atoms with Gasteiger partial charge in [-0.1, -0.05) is 18.2 Å². The number of benzene rings is 1. The Morgan fingerprint density at radius 1 is 1.17 bits per heavy atom. The summed E-state index contributed by atoms with van der Waals surface area (Å²) in [5, 5.41) is 8.97. The molecule has 94 valence electrons. The summed E-state index contributed by atoms with van der Waals surface area (Å²) in [6.07, 6.45) is 1.44. The van der Waals surface area contributed by atoms with E-state index in [4.69, 9.17) is 5.11 Å². The molecule has 2 N–H and O–H groups in total. The molecule has 0 unspecified atom stereocenters. The second-order valence-electron chi connectivity index (χ2n) is 3.63. The van der Waals surface area contributed by atoms with Crippen molar-refractivity contribution >= 4 is 15.8 Å². The summed E-state index contributed by atoms with van der Waals surface area (Å²) in [4.78, 5) is 4.06. The van der Waals surface area contributed by atoms with Crippen LogP contribution in [0.25, 0.3) is 0 Å². The fourth-order valence-electron chi connectivity index (χ4n) is 1.42. The predicted octanol–water partition coefficient (Wildman–Crippen LogP) is 1.37. The molecule has 1 heterocycles. The van der Waals surface area contributed by atoms with E-state index in [0.29, 0.717) is 5.56 Å². The maximum Gasteiger partial charge on any atom is 0.263 e. The molecule has 2 rings (SSSR count).